The first-order valence-corrected chi connectivity index (χ1v) is 14.4. The fraction of sp³-hybridized carbons (Fsp3) is 0.222. The molecule has 42 heavy (non-hydrogen) atoms. The largest absolute Gasteiger partial charge is 0.457 e. The zero-order valence-electron chi connectivity index (χ0n) is 25.2. The minimum Gasteiger partial charge on any atom is -0.457 e. The van der Waals surface area contributed by atoms with Crippen LogP contribution in [0.1, 0.15) is 49.1 Å². The van der Waals surface area contributed by atoms with Crippen molar-refractivity contribution < 1.29 is 4.74 Å². The first kappa shape index (κ1) is 26.1. The van der Waals surface area contributed by atoms with Crippen molar-refractivity contribution >= 4 is 27.6 Å². The quantitative estimate of drug-likeness (QED) is 0.219. The number of imidazole rings is 2. The van der Waals surface area contributed by atoms with E-state index < -0.39 is 0 Å². The molecule has 210 valence electrons. The van der Waals surface area contributed by atoms with E-state index in [0.29, 0.717) is 0 Å². The molecule has 4 heterocycles. The molecule has 0 saturated heterocycles. The molecule has 0 fully saturated rings. The SMILES string of the molecule is Cc1nc2n(-c3cccc(Oc4ccc5c6ccccc6n(-c6cc(C(C)(C)C)ccn6)c5c4)c3)c(C)c(C)n2c1C. The lowest BCUT2D eigenvalue weighted by atomic mass is 9.88. The Balaban J connectivity index is 1.34. The summed E-state index contributed by atoms with van der Waals surface area (Å²) in [4.78, 5) is 9.68. The third-order valence-corrected chi connectivity index (χ3v) is 8.52. The van der Waals surface area contributed by atoms with Crippen molar-refractivity contribution in [3.8, 4) is 23.0 Å². The molecule has 7 aromatic rings. The van der Waals surface area contributed by atoms with Crippen molar-refractivity contribution in [2.45, 2.75) is 53.9 Å². The zero-order valence-corrected chi connectivity index (χ0v) is 25.2. The molecular formula is C36H35N5O. The number of hydrogen-bond donors (Lipinski definition) is 0. The second-order valence-electron chi connectivity index (χ2n) is 12.2. The summed E-state index contributed by atoms with van der Waals surface area (Å²) in [5.41, 5.74) is 9.03. The van der Waals surface area contributed by atoms with Crippen molar-refractivity contribution in [3.05, 3.63) is 113 Å². The van der Waals surface area contributed by atoms with E-state index in [4.69, 9.17) is 14.7 Å². The van der Waals surface area contributed by atoms with E-state index in [1.807, 2.05) is 18.3 Å². The van der Waals surface area contributed by atoms with Gasteiger partial charge in [-0.05, 0) is 81.1 Å². The fourth-order valence-corrected chi connectivity index (χ4v) is 6.02. The molecule has 4 aromatic heterocycles. The van der Waals surface area contributed by atoms with Crippen molar-refractivity contribution in [2.75, 3.05) is 0 Å². The highest BCUT2D eigenvalue weighted by atomic mass is 16.5. The monoisotopic (exact) mass is 553 g/mol. The van der Waals surface area contributed by atoms with E-state index in [9.17, 15) is 0 Å². The van der Waals surface area contributed by atoms with E-state index in [2.05, 4.69) is 129 Å². The molecule has 6 heteroatoms. The smallest absolute Gasteiger partial charge is 0.219 e. The molecule has 0 aliphatic carbocycles. The Labute approximate surface area is 245 Å². The lowest BCUT2D eigenvalue weighted by Gasteiger charge is -2.20. The van der Waals surface area contributed by atoms with Gasteiger partial charge in [0.25, 0.3) is 0 Å². The predicted molar refractivity (Wildman–Crippen MR) is 171 cm³/mol. The molecule has 0 spiro atoms. The van der Waals surface area contributed by atoms with E-state index >= 15 is 0 Å². The Hall–Kier alpha value is -4.84. The van der Waals surface area contributed by atoms with Gasteiger partial charge in [-0.15, -0.1) is 0 Å². The third-order valence-electron chi connectivity index (χ3n) is 8.52. The van der Waals surface area contributed by atoms with E-state index in [1.54, 1.807) is 0 Å². The van der Waals surface area contributed by atoms with Crippen molar-refractivity contribution in [3.63, 3.8) is 0 Å². The van der Waals surface area contributed by atoms with Crippen molar-refractivity contribution in [1.82, 2.24) is 23.5 Å². The zero-order chi connectivity index (χ0) is 29.3. The number of pyridine rings is 1. The summed E-state index contributed by atoms with van der Waals surface area (Å²) in [6.45, 7) is 15.2. The van der Waals surface area contributed by atoms with Gasteiger partial charge < -0.3 is 4.74 Å². The van der Waals surface area contributed by atoms with Crippen LogP contribution in [0.5, 0.6) is 11.5 Å². The number of fused-ring (bicyclic) bond motifs is 4. The molecule has 0 amide bonds. The lowest BCUT2D eigenvalue weighted by molar-refractivity contribution is 0.483. The maximum atomic E-state index is 6.53. The van der Waals surface area contributed by atoms with Gasteiger partial charge in [0, 0.05) is 46.2 Å². The number of aromatic nitrogens is 5. The highest BCUT2D eigenvalue weighted by molar-refractivity contribution is 6.09. The molecule has 0 saturated carbocycles. The summed E-state index contributed by atoms with van der Waals surface area (Å²) < 4.78 is 13.2. The van der Waals surface area contributed by atoms with Crippen LogP contribution in [-0.2, 0) is 5.41 Å². The van der Waals surface area contributed by atoms with Gasteiger partial charge in [-0.3, -0.25) is 13.5 Å². The van der Waals surface area contributed by atoms with Gasteiger partial charge in [0.05, 0.1) is 22.4 Å². The van der Waals surface area contributed by atoms with Gasteiger partial charge in [-0.25, -0.2) is 9.97 Å². The Kier molecular flexibility index (Phi) is 5.80. The van der Waals surface area contributed by atoms with Crippen LogP contribution in [0, 0.1) is 27.7 Å². The molecule has 0 N–H and O–H groups in total. The highest BCUT2D eigenvalue weighted by Gasteiger charge is 2.20. The fourth-order valence-electron chi connectivity index (χ4n) is 6.02. The van der Waals surface area contributed by atoms with Crippen LogP contribution in [0.25, 0.3) is 39.1 Å². The lowest BCUT2D eigenvalue weighted by Crippen LogP contribution is -2.12. The van der Waals surface area contributed by atoms with Crippen LogP contribution in [0.3, 0.4) is 0 Å². The van der Waals surface area contributed by atoms with Crippen LogP contribution in [0.15, 0.2) is 85.1 Å². The number of hydrogen-bond acceptors (Lipinski definition) is 3. The number of aryl methyl sites for hydroxylation is 3. The van der Waals surface area contributed by atoms with E-state index in [0.717, 1.165) is 51.2 Å². The second kappa shape index (κ2) is 9.35. The average molecular weight is 554 g/mol. The first-order chi connectivity index (χ1) is 20.1. The minimum atomic E-state index is 0.0196. The predicted octanol–water partition coefficient (Wildman–Crippen LogP) is 8.94. The first-order valence-electron chi connectivity index (χ1n) is 14.4. The molecule has 0 aliphatic rings. The van der Waals surface area contributed by atoms with Gasteiger partial charge in [-0.2, -0.15) is 0 Å². The topological polar surface area (TPSA) is 49.3 Å². The van der Waals surface area contributed by atoms with E-state index in [1.165, 1.54) is 27.7 Å². The van der Waals surface area contributed by atoms with Crippen LogP contribution >= 0.6 is 0 Å². The van der Waals surface area contributed by atoms with Crippen LogP contribution in [-0.4, -0.2) is 23.5 Å². The molecule has 6 nitrogen and oxygen atoms in total. The van der Waals surface area contributed by atoms with Gasteiger partial charge in [-0.1, -0.05) is 45.0 Å². The van der Waals surface area contributed by atoms with Crippen LogP contribution in [0.2, 0.25) is 0 Å². The molecule has 0 bridgehead atoms. The Morgan fingerprint density at radius 3 is 2.24 bits per heavy atom. The molecule has 3 aromatic carbocycles. The second-order valence-corrected chi connectivity index (χ2v) is 12.2. The van der Waals surface area contributed by atoms with E-state index in [-0.39, 0.29) is 5.41 Å². The van der Waals surface area contributed by atoms with Crippen LogP contribution < -0.4 is 4.74 Å². The molecule has 0 atom stereocenters. The maximum absolute atomic E-state index is 6.53. The summed E-state index contributed by atoms with van der Waals surface area (Å²) in [6.07, 6.45) is 1.91. The molecule has 0 aliphatic heterocycles. The number of benzene rings is 3. The normalized spacial score (nSPS) is 12.2. The summed E-state index contributed by atoms with van der Waals surface area (Å²) >= 11 is 0. The highest BCUT2D eigenvalue weighted by Crippen LogP contribution is 2.36. The van der Waals surface area contributed by atoms with Gasteiger partial charge in [0.1, 0.15) is 17.3 Å². The number of nitrogens with zero attached hydrogens (tertiary/aromatic N) is 5. The minimum absolute atomic E-state index is 0.0196. The third kappa shape index (κ3) is 4.01. The number of para-hydroxylation sites is 1. The standard InChI is InChI=1S/C36H35N5O/c1-22-23(2)39-24(3)25(4)40(35(39)38-22)27-11-10-12-28(20-27)42-29-15-16-31-30-13-8-9-14-32(30)41(33(31)21-29)34-19-26(17-18-37-34)36(5,6)7/h8-21H,1-7H3. The van der Waals surface area contributed by atoms with Crippen LogP contribution in [0.4, 0.5) is 0 Å². The molecular weight excluding hydrogens is 518 g/mol. The number of ether oxygens (including phenoxy) is 1. The van der Waals surface area contributed by atoms with Crippen molar-refractivity contribution in [1.29, 1.82) is 0 Å². The average Bonchev–Trinajstić information content (AvgIpc) is 3.54. The Morgan fingerprint density at radius 2 is 1.43 bits per heavy atom. The summed E-state index contributed by atoms with van der Waals surface area (Å²) in [6, 6.07) is 27.4. The Morgan fingerprint density at radius 1 is 0.667 bits per heavy atom. The summed E-state index contributed by atoms with van der Waals surface area (Å²) in [5, 5.41) is 2.36. The molecule has 0 unspecified atom stereocenters. The maximum Gasteiger partial charge on any atom is 0.219 e. The van der Waals surface area contributed by atoms with Gasteiger partial charge >= 0.3 is 0 Å². The number of rotatable bonds is 4. The summed E-state index contributed by atoms with van der Waals surface area (Å²) in [7, 11) is 0. The Bertz CT molecular complexity index is 2150. The van der Waals surface area contributed by atoms with Crippen molar-refractivity contribution in [2.24, 2.45) is 0 Å². The van der Waals surface area contributed by atoms with Gasteiger partial charge in [0.2, 0.25) is 5.78 Å². The summed E-state index contributed by atoms with van der Waals surface area (Å²) in [5.74, 6) is 3.37. The molecule has 0 radical (unpaired) electrons. The van der Waals surface area contributed by atoms with Gasteiger partial charge in [0.15, 0.2) is 0 Å². The molecule has 7 rings (SSSR count).